The molecule has 3 aliphatic rings. The summed E-state index contributed by atoms with van der Waals surface area (Å²) in [5.41, 5.74) is -0.222. The van der Waals surface area contributed by atoms with E-state index in [0.717, 1.165) is 18.7 Å². The van der Waals surface area contributed by atoms with Crippen molar-refractivity contribution in [3.8, 4) is 5.75 Å². The minimum absolute atomic E-state index is 0.000167. The highest BCUT2D eigenvalue weighted by molar-refractivity contribution is 6.08. The Morgan fingerprint density at radius 3 is 2.69 bits per heavy atom. The Bertz CT molecular complexity index is 1580. The molecule has 4 amide bonds. The number of amides is 4. The molecule has 5 heterocycles. The summed E-state index contributed by atoms with van der Waals surface area (Å²) >= 11 is 0. The molecule has 1 unspecified atom stereocenters. The SMILES string of the molecule is CCN1CC=C(c2nc3cc(C4(CN5Cc6ccc(OC)c(F)c6C5=O)NC(=O)NC4=O)oc3cc2F)CC1. The molecule has 3 aromatic rings. The first kappa shape index (κ1) is 25.0. The van der Waals surface area contributed by atoms with E-state index in [-0.39, 0.29) is 41.4 Å². The number of fused-ring (bicyclic) bond motifs is 2. The Kier molecular flexibility index (Phi) is 5.87. The minimum atomic E-state index is -1.83. The lowest BCUT2D eigenvalue weighted by Crippen LogP contribution is -2.52. The predicted molar refractivity (Wildman–Crippen MR) is 135 cm³/mol. The Morgan fingerprint density at radius 2 is 2.03 bits per heavy atom. The van der Waals surface area contributed by atoms with E-state index in [0.29, 0.717) is 24.0 Å². The Balaban J connectivity index is 1.37. The number of furan rings is 1. The van der Waals surface area contributed by atoms with E-state index in [1.807, 2.05) is 6.08 Å². The van der Waals surface area contributed by atoms with Gasteiger partial charge in [-0.3, -0.25) is 19.8 Å². The zero-order valence-corrected chi connectivity index (χ0v) is 21.3. The Morgan fingerprint density at radius 1 is 1.21 bits per heavy atom. The third kappa shape index (κ3) is 3.94. The largest absolute Gasteiger partial charge is 0.494 e. The summed E-state index contributed by atoms with van der Waals surface area (Å²) in [6.07, 6.45) is 2.58. The number of carbonyl (C=O) groups excluding carboxylic acids is 3. The first-order valence-corrected chi connectivity index (χ1v) is 12.5. The van der Waals surface area contributed by atoms with Crippen molar-refractivity contribution >= 4 is 34.5 Å². The predicted octanol–water partition coefficient (Wildman–Crippen LogP) is 2.91. The second kappa shape index (κ2) is 9.16. The van der Waals surface area contributed by atoms with Crippen LogP contribution in [0.25, 0.3) is 16.7 Å². The molecule has 0 radical (unpaired) electrons. The summed E-state index contributed by atoms with van der Waals surface area (Å²) in [6, 6.07) is 4.87. The number of rotatable bonds is 6. The molecule has 1 atom stereocenters. The van der Waals surface area contributed by atoms with Gasteiger partial charge < -0.3 is 19.4 Å². The second-order valence-corrected chi connectivity index (χ2v) is 9.78. The van der Waals surface area contributed by atoms with E-state index in [2.05, 4.69) is 27.4 Å². The maximum atomic E-state index is 15.1. The average Bonchev–Trinajstić information content (AvgIpc) is 3.57. The van der Waals surface area contributed by atoms with Crippen LogP contribution in [0, 0.1) is 11.6 Å². The van der Waals surface area contributed by atoms with E-state index in [1.54, 1.807) is 6.07 Å². The molecule has 0 aliphatic carbocycles. The number of halogens is 2. The Hall–Kier alpha value is -4.32. The van der Waals surface area contributed by atoms with Crippen molar-refractivity contribution in [3.63, 3.8) is 0 Å². The van der Waals surface area contributed by atoms with Crippen LogP contribution in [-0.2, 0) is 16.9 Å². The number of hydrogen-bond acceptors (Lipinski definition) is 7. The van der Waals surface area contributed by atoms with Crippen molar-refractivity contribution in [2.24, 2.45) is 0 Å². The van der Waals surface area contributed by atoms with Gasteiger partial charge in [-0.15, -0.1) is 0 Å². The molecule has 1 aromatic carbocycles. The molecule has 0 saturated carbocycles. The number of methoxy groups -OCH3 is 1. The number of nitrogens with zero attached hydrogens (tertiary/aromatic N) is 3. The number of urea groups is 1. The summed E-state index contributed by atoms with van der Waals surface area (Å²) < 4.78 is 40.9. The standard InChI is InChI=1S/C27H25F2N5O5/c1-3-33-8-6-14(7-9-33)23-16(28)10-19-17(30-23)11-20(39-19)27(25(36)31-26(37)32-27)13-34-12-15-4-5-18(38-2)22(29)21(15)24(34)35/h4-6,10-11H,3,7-9,12-13H2,1-2H3,(H2,31,32,36,37). The fourth-order valence-corrected chi connectivity index (χ4v) is 5.41. The molecule has 0 spiro atoms. The molecule has 10 nitrogen and oxygen atoms in total. The van der Waals surface area contributed by atoms with Gasteiger partial charge in [0.25, 0.3) is 11.8 Å². The molecule has 1 saturated heterocycles. The molecule has 0 bridgehead atoms. The third-order valence-corrected chi connectivity index (χ3v) is 7.57. The molecule has 12 heteroatoms. The molecular weight excluding hydrogens is 512 g/mol. The van der Waals surface area contributed by atoms with Crippen molar-refractivity contribution in [2.75, 3.05) is 33.3 Å². The van der Waals surface area contributed by atoms with Gasteiger partial charge in [0.05, 0.1) is 19.2 Å². The number of nitrogens with one attached hydrogen (secondary N) is 2. The topological polar surface area (TPSA) is 117 Å². The van der Waals surface area contributed by atoms with Crippen LogP contribution in [0.4, 0.5) is 13.6 Å². The van der Waals surface area contributed by atoms with Crippen molar-refractivity contribution in [1.29, 1.82) is 0 Å². The van der Waals surface area contributed by atoms with Crippen LogP contribution in [0.5, 0.6) is 5.75 Å². The van der Waals surface area contributed by atoms with Gasteiger partial charge in [0.15, 0.2) is 28.5 Å². The lowest BCUT2D eigenvalue weighted by atomic mass is 9.95. The number of imide groups is 1. The summed E-state index contributed by atoms with van der Waals surface area (Å²) in [4.78, 5) is 46.6. The van der Waals surface area contributed by atoms with E-state index in [4.69, 9.17) is 9.15 Å². The molecule has 2 N–H and O–H groups in total. The molecule has 39 heavy (non-hydrogen) atoms. The monoisotopic (exact) mass is 537 g/mol. The highest BCUT2D eigenvalue weighted by Gasteiger charge is 2.53. The first-order valence-electron chi connectivity index (χ1n) is 12.5. The molecule has 202 valence electrons. The maximum absolute atomic E-state index is 15.1. The summed E-state index contributed by atoms with van der Waals surface area (Å²) in [7, 11) is 1.30. The van der Waals surface area contributed by atoms with Crippen LogP contribution in [-0.4, -0.2) is 65.9 Å². The van der Waals surface area contributed by atoms with E-state index < -0.39 is 35.0 Å². The van der Waals surface area contributed by atoms with Crippen LogP contribution in [0.3, 0.4) is 0 Å². The van der Waals surface area contributed by atoms with Crippen LogP contribution >= 0.6 is 0 Å². The quantitative estimate of drug-likeness (QED) is 0.465. The average molecular weight is 538 g/mol. The van der Waals surface area contributed by atoms with Gasteiger partial charge in [-0.1, -0.05) is 19.1 Å². The van der Waals surface area contributed by atoms with Crippen molar-refractivity contribution < 1.29 is 32.3 Å². The molecule has 3 aliphatic heterocycles. The highest BCUT2D eigenvalue weighted by Crippen LogP contribution is 2.37. The smallest absolute Gasteiger partial charge is 0.322 e. The summed E-state index contributed by atoms with van der Waals surface area (Å²) in [5, 5.41) is 4.75. The van der Waals surface area contributed by atoms with Crippen molar-refractivity contribution in [1.82, 2.24) is 25.4 Å². The molecule has 1 fully saturated rings. The number of benzene rings is 1. The number of carbonyl (C=O) groups is 3. The zero-order valence-electron chi connectivity index (χ0n) is 21.3. The molecular formula is C27H25F2N5O5. The van der Waals surface area contributed by atoms with Gasteiger partial charge in [-0.2, -0.15) is 0 Å². The number of likely N-dealkylation sites (N-methyl/N-ethyl adjacent to an activating group) is 1. The highest BCUT2D eigenvalue weighted by atomic mass is 19.1. The molecule has 2 aromatic heterocycles. The van der Waals surface area contributed by atoms with E-state index in [1.165, 1.54) is 30.2 Å². The first-order chi connectivity index (χ1) is 18.7. The summed E-state index contributed by atoms with van der Waals surface area (Å²) in [5.74, 6) is -2.90. The number of pyridine rings is 1. The number of aromatic nitrogens is 1. The minimum Gasteiger partial charge on any atom is -0.494 e. The van der Waals surface area contributed by atoms with Gasteiger partial charge in [-0.25, -0.2) is 18.6 Å². The second-order valence-electron chi connectivity index (χ2n) is 9.78. The lowest BCUT2D eigenvalue weighted by Gasteiger charge is -2.28. The Labute approximate surface area is 221 Å². The third-order valence-electron chi connectivity index (χ3n) is 7.57. The van der Waals surface area contributed by atoms with Crippen LogP contribution < -0.4 is 15.4 Å². The van der Waals surface area contributed by atoms with Crippen LogP contribution in [0.1, 0.15) is 40.7 Å². The summed E-state index contributed by atoms with van der Waals surface area (Å²) in [6.45, 7) is 4.08. The maximum Gasteiger partial charge on any atom is 0.322 e. The van der Waals surface area contributed by atoms with E-state index >= 15 is 4.39 Å². The zero-order chi connectivity index (χ0) is 27.5. The van der Waals surface area contributed by atoms with Gasteiger partial charge in [0, 0.05) is 31.8 Å². The molecule has 6 rings (SSSR count). The fraction of sp³-hybridized carbons (Fsp3) is 0.333. The van der Waals surface area contributed by atoms with Crippen molar-refractivity contribution in [3.05, 3.63) is 64.6 Å². The van der Waals surface area contributed by atoms with Gasteiger partial charge >= 0.3 is 6.03 Å². The van der Waals surface area contributed by atoms with Crippen LogP contribution in [0.15, 0.2) is 34.8 Å². The van der Waals surface area contributed by atoms with Crippen molar-refractivity contribution in [2.45, 2.75) is 25.4 Å². The van der Waals surface area contributed by atoms with Crippen LogP contribution in [0.2, 0.25) is 0 Å². The number of ether oxygens (including phenoxy) is 1. The fourth-order valence-electron chi connectivity index (χ4n) is 5.41. The number of hydrogen-bond donors (Lipinski definition) is 2. The normalized spacial score (nSPS) is 21.3. The van der Waals surface area contributed by atoms with Gasteiger partial charge in [0.2, 0.25) is 0 Å². The van der Waals surface area contributed by atoms with E-state index in [9.17, 15) is 18.8 Å². The lowest BCUT2D eigenvalue weighted by molar-refractivity contribution is -0.125. The van der Waals surface area contributed by atoms with Gasteiger partial charge in [-0.05, 0) is 30.2 Å². The van der Waals surface area contributed by atoms with Gasteiger partial charge in [0.1, 0.15) is 17.0 Å².